The molecule has 0 radical (unpaired) electrons. The van der Waals surface area contributed by atoms with E-state index >= 15 is 0 Å². The van der Waals surface area contributed by atoms with Crippen LogP contribution in [0.5, 0.6) is 5.75 Å². The first kappa shape index (κ1) is 27.6. The second-order valence-corrected chi connectivity index (χ2v) is 10.3. The van der Waals surface area contributed by atoms with Crippen LogP contribution < -0.4 is 10.1 Å². The number of anilines is 1. The molecule has 1 aromatic carbocycles. The number of pyridine rings is 1. The molecule has 36 heavy (non-hydrogen) atoms. The lowest BCUT2D eigenvalue weighted by molar-refractivity contribution is -0.272. The van der Waals surface area contributed by atoms with E-state index in [1.807, 2.05) is 0 Å². The number of amides is 1. The van der Waals surface area contributed by atoms with Gasteiger partial charge in [0.15, 0.2) is 27.0 Å². The summed E-state index contributed by atoms with van der Waals surface area (Å²) < 4.78 is 129. The molecular formula is C21H19F7N2O5S. The smallest absolute Gasteiger partial charge is 0.417 e. The number of hydrogen-bond acceptors (Lipinski definition) is 6. The molecule has 0 saturated carbocycles. The van der Waals surface area contributed by atoms with Gasteiger partial charge in [-0.15, -0.1) is 0 Å². The Labute approximate surface area is 200 Å². The third-order valence-electron chi connectivity index (χ3n) is 5.98. The topological polar surface area (TPSA) is 94.6 Å². The minimum absolute atomic E-state index is 0.265. The Bertz CT molecular complexity index is 1270. The third-order valence-corrected chi connectivity index (χ3v) is 7.09. The number of carbonyl (C=O) groups excluding carboxylic acids is 1. The highest BCUT2D eigenvalue weighted by molar-refractivity contribution is 7.90. The first-order chi connectivity index (χ1) is 16.5. The number of nitrogens with one attached hydrogen (secondary N) is 1. The van der Waals surface area contributed by atoms with Crippen molar-refractivity contribution in [2.24, 2.45) is 5.92 Å². The molecule has 7 nitrogen and oxygen atoms in total. The first-order valence-electron chi connectivity index (χ1n) is 10.1. The van der Waals surface area contributed by atoms with Crippen LogP contribution in [0.4, 0.5) is 36.6 Å². The quantitative estimate of drug-likeness (QED) is 0.541. The van der Waals surface area contributed by atoms with Crippen LogP contribution in [-0.2, 0) is 19.4 Å². The van der Waals surface area contributed by atoms with Crippen molar-refractivity contribution in [1.82, 2.24) is 4.98 Å². The normalized spacial score (nSPS) is 24.7. The fourth-order valence-corrected chi connectivity index (χ4v) is 4.58. The lowest BCUT2D eigenvalue weighted by Gasteiger charge is -2.32. The number of carbonyl (C=O) groups is 1. The number of halogens is 7. The summed E-state index contributed by atoms with van der Waals surface area (Å²) in [6.45, 7) is -2.04. The Morgan fingerprint density at radius 2 is 1.86 bits per heavy atom. The largest absolute Gasteiger partial charge is 0.431 e. The van der Waals surface area contributed by atoms with Crippen molar-refractivity contribution in [2.75, 3.05) is 11.6 Å². The van der Waals surface area contributed by atoms with Gasteiger partial charge in [0, 0.05) is 29.9 Å². The number of alkyl halides is 5. The zero-order valence-electron chi connectivity index (χ0n) is 18.7. The van der Waals surface area contributed by atoms with Gasteiger partial charge in [-0.3, -0.25) is 4.79 Å². The van der Waals surface area contributed by atoms with Gasteiger partial charge < -0.3 is 14.8 Å². The van der Waals surface area contributed by atoms with Crippen LogP contribution in [0.2, 0.25) is 0 Å². The molecule has 0 unspecified atom stereocenters. The molecule has 2 heterocycles. The van der Waals surface area contributed by atoms with E-state index in [-0.39, 0.29) is 10.7 Å². The minimum atomic E-state index is -5.07. The summed E-state index contributed by atoms with van der Waals surface area (Å²) in [7, 11) is -3.74. The molecule has 1 N–H and O–H groups in total. The van der Waals surface area contributed by atoms with Crippen molar-refractivity contribution in [3.63, 3.8) is 0 Å². The average Bonchev–Trinajstić information content (AvgIpc) is 3.03. The van der Waals surface area contributed by atoms with E-state index in [2.05, 4.69) is 15.0 Å². The summed E-state index contributed by atoms with van der Waals surface area (Å²) in [5, 5.41) is 2.13. The summed E-state index contributed by atoms with van der Waals surface area (Å²) in [6.07, 6.45) is -5.27. The van der Waals surface area contributed by atoms with Crippen molar-refractivity contribution in [3.05, 3.63) is 47.7 Å². The van der Waals surface area contributed by atoms with E-state index < -0.39 is 75.0 Å². The highest BCUT2D eigenvalue weighted by Crippen LogP contribution is 2.55. The highest BCUT2D eigenvalue weighted by atomic mass is 32.2. The summed E-state index contributed by atoms with van der Waals surface area (Å²) in [4.78, 5) is 16.5. The van der Waals surface area contributed by atoms with E-state index in [1.165, 1.54) is 0 Å². The SMILES string of the molecule is C[C@@H]1[C@H](c2ccc(F)c(F)c2OC(F)F)[C@@H](C(=O)Nc2cc(S(C)(=O)=O)ccn2)O[C@]1(C)C(F)(F)F. The lowest BCUT2D eigenvalue weighted by Crippen LogP contribution is -2.47. The van der Waals surface area contributed by atoms with Gasteiger partial charge in [-0.05, 0) is 25.1 Å². The van der Waals surface area contributed by atoms with Crippen molar-refractivity contribution in [2.45, 2.75) is 49.2 Å². The Balaban J connectivity index is 2.11. The lowest BCUT2D eigenvalue weighted by atomic mass is 9.77. The van der Waals surface area contributed by atoms with Crippen LogP contribution in [0.3, 0.4) is 0 Å². The van der Waals surface area contributed by atoms with Crippen LogP contribution in [0.15, 0.2) is 35.4 Å². The molecule has 0 spiro atoms. The molecule has 1 aliphatic heterocycles. The first-order valence-corrected chi connectivity index (χ1v) is 12.0. The molecule has 1 fully saturated rings. The number of nitrogens with zero attached hydrogens (tertiary/aromatic N) is 1. The fourth-order valence-electron chi connectivity index (χ4n) is 3.95. The predicted molar refractivity (Wildman–Crippen MR) is 110 cm³/mol. The molecule has 1 aromatic heterocycles. The van der Waals surface area contributed by atoms with Crippen LogP contribution >= 0.6 is 0 Å². The molecule has 1 saturated heterocycles. The van der Waals surface area contributed by atoms with Gasteiger partial charge in [0.25, 0.3) is 5.91 Å². The van der Waals surface area contributed by atoms with Crippen molar-refractivity contribution in [1.29, 1.82) is 0 Å². The monoisotopic (exact) mass is 544 g/mol. The maximum Gasteiger partial charge on any atom is 0.417 e. The molecule has 1 amide bonds. The Morgan fingerprint density at radius 1 is 1.22 bits per heavy atom. The van der Waals surface area contributed by atoms with Crippen LogP contribution in [0.25, 0.3) is 0 Å². The van der Waals surface area contributed by atoms with Gasteiger partial charge in [0.2, 0.25) is 5.82 Å². The third kappa shape index (κ3) is 5.12. The van der Waals surface area contributed by atoms with Gasteiger partial charge in [-0.25, -0.2) is 17.8 Å². The van der Waals surface area contributed by atoms with E-state index in [1.54, 1.807) is 0 Å². The van der Waals surface area contributed by atoms with E-state index in [0.717, 1.165) is 37.6 Å². The Hall–Kier alpha value is -2.94. The van der Waals surface area contributed by atoms with Gasteiger partial charge >= 0.3 is 12.8 Å². The molecule has 0 aliphatic carbocycles. The molecule has 198 valence electrons. The van der Waals surface area contributed by atoms with Crippen LogP contribution in [0.1, 0.15) is 25.3 Å². The van der Waals surface area contributed by atoms with E-state index in [4.69, 9.17) is 4.74 Å². The number of sulfone groups is 1. The average molecular weight is 544 g/mol. The van der Waals surface area contributed by atoms with Gasteiger partial charge in [-0.2, -0.15) is 26.3 Å². The molecule has 15 heteroatoms. The second kappa shape index (κ2) is 9.50. The summed E-state index contributed by atoms with van der Waals surface area (Å²) in [5.74, 6) is -9.94. The fraction of sp³-hybridized carbons (Fsp3) is 0.429. The Morgan fingerprint density at radius 3 is 2.42 bits per heavy atom. The molecule has 2 aromatic rings. The maximum absolute atomic E-state index is 14.4. The van der Waals surface area contributed by atoms with Gasteiger partial charge in [0.1, 0.15) is 11.9 Å². The van der Waals surface area contributed by atoms with Gasteiger partial charge in [-0.1, -0.05) is 13.0 Å². The zero-order valence-corrected chi connectivity index (χ0v) is 19.6. The maximum atomic E-state index is 14.4. The van der Waals surface area contributed by atoms with Crippen molar-refractivity contribution >= 4 is 21.6 Å². The van der Waals surface area contributed by atoms with Crippen LogP contribution in [-0.4, -0.2) is 50.1 Å². The number of rotatable bonds is 6. The van der Waals surface area contributed by atoms with Crippen molar-refractivity contribution in [3.8, 4) is 5.75 Å². The predicted octanol–water partition coefficient (Wildman–Crippen LogP) is 4.44. The number of ether oxygens (including phenoxy) is 2. The number of aromatic nitrogens is 1. The summed E-state index contributed by atoms with van der Waals surface area (Å²) in [5.41, 5.74) is -3.68. The van der Waals surface area contributed by atoms with Crippen molar-refractivity contribution < 1.29 is 53.4 Å². The number of hydrogen-bond donors (Lipinski definition) is 1. The van der Waals surface area contributed by atoms with Gasteiger partial charge in [0.05, 0.1) is 4.90 Å². The minimum Gasteiger partial charge on any atom is -0.431 e. The standard InChI is InChI=1S/C21H19F7N2O5S/c1-9-14(11-4-5-12(22)15(23)16(11)34-19(24)25)17(35-20(9,2)21(26,27)28)18(31)30-13-8-10(6-7-29-13)36(3,32)33/h4-9,14,17,19H,1-3H3,(H,29,30,31)/t9-,14-,17+,20+/m1/s1. The zero-order chi connectivity index (χ0) is 27.2. The van der Waals surface area contributed by atoms with Crippen LogP contribution in [0, 0.1) is 17.6 Å². The molecule has 4 atom stereocenters. The van der Waals surface area contributed by atoms with E-state index in [0.29, 0.717) is 13.0 Å². The highest BCUT2D eigenvalue weighted by Gasteiger charge is 2.66. The second-order valence-electron chi connectivity index (χ2n) is 8.25. The molecule has 1 aliphatic rings. The number of benzene rings is 1. The summed E-state index contributed by atoms with van der Waals surface area (Å²) in [6, 6.07) is 3.26. The molecular weight excluding hydrogens is 525 g/mol. The molecule has 0 bridgehead atoms. The summed E-state index contributed by atoms with van der Waals surface area (Å²) >= 11 is 0. The Kier molecular flexibility index (Phi) is 7.29. The molecule has 3 rings (SSSR count). The van der Waals surface area contributed by atoms with E-state index in [9.17, 15) is 43.9 Å².